The van der Waals surface area contributed by atoms with Crippen LogP contribution in [0.15, 0.2) is 51.6 Å². The highest BCUT2D eigenvalue weighted by Gasteiger charge is 2.14. The van der Waals surface area contributed by atoms with Crippen molar-refractivity contribution in [1.82, 2.24) is 5.16 Å². The van der Waals surface area contributed by atoms with Gasteiger partial charge in [0.1, 0.15) is 12.3 Å². The molecule has 7 heteroatoms. The molecule has 0 unspecified atom stereocenters. The first kappa shape index (κ1) is 14.7. The van der Waals surface area contributed by atoms with Gasteiger partial charge in [-0.15, -0.1) is 0 Å². The first-order chi connectivity index (χ1) is 10.6. The Morgan fingerprint density at radius 3 is 2.77 bits per heavy atom. The van der Waals surface area contributed by atoms with Crippen LogP contribution < -0.4 is 0 Å². The van der Waals surface area contributed by atoms with Gasteiger partial charge in [0.05, 0.1) is 16.8 Å². The van der Waals surface area contributed by atoms with Gasteiger partial charge in [0.25, 0.3) is 0 Å². The summed E-state index contributed by atoms with van der Waals surface area (Å²) in [5, 5.41) is 4.48. The average molecular weight is 338 g/mol. The number of rotatable bonds is 4. The number of halogens is 2. The van der Waals surface area contributed by atoms with Crippen molar-refractivity contribution in [2.75, 3.05) is 0 Å². The van der Waals surface area contributed by atoms with Crippen molar-refractivity contribution in [3.8, 4) is 11.5 Å². The molecule has 0 amide bonds. The zero-order valence-electron chi connectivity index (χ0n) is 11.1. The van der Waals surface area contributed by atoms with E-state index in [4.69, 9.17) is 36.9 Å². The van der Waals surface area contributed by atoms with Crippen LogP contribution in [0.5, 0.6) is 0 Å². The van der Waals surface area contributed by atoms with E-state index in [2.05, 4.69) is 5.16 Å². The first-order valence-electron chi connectivity index (χ1n) is 6.25. The van der Waals surface area contributed by atoms with Crippen LogP contribution in [0.3, 0.4) is 0 Å². The molecule has 0 radical (unpaired) electrons. The van der Waals surface area contributed by atoms with Crippen molar-refractivity contribution in [2.45, 2.75) is 6.61 Å². The molecule has 0 saturated heterocycles. The van der Waals surface area contributed by atoms with Crippen molar-refractivity contribution >= 4 is 29.2 Å². The van der Waals surface area contributed by atoms with Crippen LogP contribution in [0, 0.1) is 0 Å². The molecular formula is C15H9Cl2NO4. The topological polar surface area (TPSA) is 65.5 Å². The number of esters is 1. The molecule has 0 aliphatic carbocycles. The smallest absolute Gasteiger partial charge is 0.340 e. The summed E-state index contributed by atoms with van der Waals surface area (Å²) in [7, 11) is 0. The number of carbonyl (C=O) groups excluding carboxylic acids is 1. The summed E-state index contributed by atoms with van der Waals surface area (Å²) >= 11 is 11.7. The summed E-state index contributed by atoms with van der Waals surface area (Å²) in [5.74, 6) is 0.440. The molecule has 3 aromatic rings. The largest absolute Gasteiger partial charge is 0.461 e. The summed E-state index contributed by atoms with van der Waals surface area (Å²) < 4.78 is 15.4. The Kier molecular flexibility index (Phi) is 4.18. The van der Waals surface area contributed by atoms with E-state index < -0.39 is 5.97 Å². The fourth-order valence-corrected chi connectivity index (χ4v) is 2.27. The van der Waals surface area contributed by atoms with E-state index in [1.165, 1.54) is 18.4 Å². The molecule has 1 aromatic carbocycles. The van der Waals surface area contributed by atoms with Crippen LogP contribution in [0.25, 0.3) is 11.5 Å². The third kappa shape index (κ3) is 3.16. The van der Waals surface area contributed by atoms with Gasteiger partial charge in [0, 0.05) is 11.1 Å². The fourth-order valence-electron chi connectivity index (χ4n) is 1.79. The van der Waals surface area contributed by atoms with Gasteiger partial charge >= 0.3 is 5.97 Å². The molecule has 3 rings (SSSR count). The highest BCUT2D eigenvalue weighted by atomic mass is 35.5. The van der Waals surface area contributed by atoms with Gasteiger partial charge in [-0.2, -0.15) is 0 Å². The standard InChI is InChI=1S/C15H9Cl2NO4/c16-9-3-4-11(12(17)6-9)15(19)21-8-10-7-14(22-18-10)13-2-1-5-20-13/h1-7H,8H2. The minimum absolute atomic E-state index is 0.0397. The molecule has 2 aromatic heterocycles. The maximum atomic E-state index is 12.0. The van der Waals surface area contributed by atoms with Crippen LogP contribution >= 0.6 is 23.2 Å². The van der Waals surface area contributed by atoms with Crippen molar-refractivity contribution in [3.05, 3.63) is 64.0 Å². The third-order valence-electron chi connectivity index (χ3n) is 2.83. The van der Waals surface area contributed by atoms with E-state index >= 15 is 0 Å². The lowest BCUT2D eigenvalue weighted by Gasteiger charge is -2.04. The lowest BCUT2D eigenvalue weighted by molar-refractivity contribution is 0.0464. The highest BCUT2D eigenvalue weighted by Crippen LogP contribution is 2.23. The van der Waals surface area contributed by atoms with Crippen molar-refractivity contribution in [1.29, 1.82) is 0 Å². The van der Waals surface area contributed by atoms with Gasteiger partial charge in [0.2, 0.25) is 5.76 Å². The SMILES string of the molecule is O=C(OCc1cc(-c2ccco2)on1)c1ccc(Cl)cc1Cl. The van der Waals surface area contributed by atoms with Gasteiger partial charge in [-0.3, -0.25) is 0 Å². The third-order valence-corrected chi connectivity index (χ3v) is 3.37. The molecule has 0 atom stereocenters. The second-order valence-corrected chi connectivity index (χ2v) is 5.20. The molecule has 0 bridgehead atoms. The monoisotopic (exact) mass is 337 g/mol. The van der Waals surface area contributed by atoms with Gasteiger partial charge in [-0.25, -0.2) is 4.79 Å². The Hall–Kier alpha value is -2.24. The molecule has 5 nitrogen and oxygen atoms in total. The van der Waals surface area contributed by atoms with E-state index in [1.807, 2.05) is 0 Å². The predicted octanol–water partition coefficient (Wildman–Crippen LogP) is 4.60. The number of hydrogen-bond acceptors (Lipinski definition) is 5. The Labute approximate surface area is 135 Å². The first-order valence-corrected chi connectivity index (χ1v) is 7.01. The minimum atomic E-state index is -0.566. The molecule has 2 heterocycles. The summed E-state index contributed by atoms with van der Waals surface area (Å²) in [6.07, 6.45) is 1.53. The van der Waals surface area contributed by atoms with Gasteiger partial charge < -0.3 is 13.7 Å². The number of nitrogens with zero attached hydrogens (tertiary/aromatic N) is 1. The van der Waals surface area contributed by atoms with Gasteiger partial charge in [-0.05, 0) is 30.3 Å². The molecular weight excluding hydrogens is 329 g/mol. The minimum Gasteiger partial charge on any atom is -0.461 e. The normalized spacial score (nSPS) is 10.6. The second-order valence-electron chi connectivity index (χ2n) is 4.36. The van der Waals surface area contributed by atoms with E-state index in [-0.39, 0.29) is 17.2 Å². The summed E-state index contributed by atoms with van der Waals surface area (Å²) in [5.41, 5.74) is 0.700. The summed E-state index contributed by atoms with van der Waals surface area (Å²) in [6.45, 7) is -0.0397. The lowest BCUT2D eigenvalue weighted by Crippen LogP contribution is -2.06. The number of hydrogen-bond donors (Lipinski definition) is 0. The molecule has 112 valence electrons. The molecule has 0 fully saturated rings. The van der Waals surface area contributed by atoms with E-state index in [0.717, 1.165) is 0 Å². The number of carbonyl (C=O) groups is 1. The van der Waals surface area contributed by atoms with Gasteiger partial charge in [0.15, 0.2) is 5.76 Å². The predicted molar refractivity (Wildman–Crippen MR) is 79.8 cm³/mol. The Balaban J connectivity index is 1.66. The Bertz CT molecular complexity index is 796. The molecule has 0 aliphatic rings. The van der Waals surface area contributed by atoms with Crippen LogP contribution in [0.2, 0.25) is 10.0 Å². The highest BCUT2D eigenvalue weighted by molar-refractivity contribution is 6.36. The Morgan fingerprint density at radius 2 is 2.05 bits per heavy atom. The quantitative estimate of drug-likeness (QED) is 0.651. The fraction of sp³-hybridized carbons (Fsp3) is 0.0667. The van der Waals surface area contributed by atoms with Crippen LogP contribution in [0.1, 0.15) is 16.1 Å². The van der Waals surface area contributed by atoms with Crippen molar-refractivity contribution in [3.63, 3.8) is 0 Å². The van der Waals surface area contributed by atoms with Crippen LogP contribution in [-0.2, 0) is 11.3 Å². The summed E-state index contributed by atoms with van der Waals surface area (Å²) in [6, 6.07) is 9.66. The molecule has 22 heavy (non-hydrogen) atoms. The Morgan fingerprint density at radius 1 is 1.18 bits per heavy atom. The van der Waals surface area contributed by atoms with Crippen molar-refractivity contribution < 1.29 is 18.5 Å². The zero-order chi connectivity index (χ0) is 15.5. The number of furan rings is 1. The number of benzene rings is 1. The number of aromatic nitrogens is 1. The van der Waals surface area contributed by atoms with Crippen LogP contribution in [0.4, 0.5) is 0 Å². The zero-order valence-corrected chi connectivity index (χ0v) is 12.6. The number of ether oxygens (including phenoxy) is 1. The molecule has 0 spiro atoms. The second kappa shape index (κ2) is 6.25. The van der Waals surface area contributed by atoms with Gasteiger partial charge in [-0.1, -0.05) is 28.4 Å². The maximum absolute atomic E-state index is 12.0. The van der Waals surface area contributed by atoms with Crippen LogP contribution in [-0.4, -0.2) is 11.1 Å². The summed E-state index contributed by atoms with van der Waals surface area (Å²) in [4.78, 5) is 12.0. The van der Waals surface area contributed by atoms with Crippen molar-refractivity contribution in [2.24, 2.45) is 0 Å². The molecule has 0 saturated carbocycles. The van der Waals surface area contributed by atoms with E-state index in [1.54, 1.807) is 24.3 Å². The van der Waals surface area contributed by atoms with E-state index in [0.29, 0.717) is 22.2 Å². The molecule has 0 N–H and O–H groups in total. The van der Waals surface area contributed by atoms with E-state index in [9.17, 15) is 4.79 Å². The molecule has 0 aliphatic heterocycles. The average Bonchev–Trinajstić information content (AvgIpc) is 3.16. The lowest BCUT2D eigenvalue weighted by atomic mass is 10.2. The maximum Gasteiger partial charge on any atom is 0.340 e.